The predicted molar refractivity (Wildman–Crippen MR) is 103 cm³/mol. The molecule has 0 aromatic carbocycles. The van der Waals surface area contributed by atoms with E-state index in [0.29, 0.717) is 5.41 Å². The summed E-state index contributed by atoms with van der Waals surface area (Å²) in [6.07, 6.45) is 18.8. The van der Waals surface area contributed by atoms with Crippen molar-refractivity contribution in [3.63, 3.8) is 0 Å². The lowest BCUT2D eigenvalue weighted by atomic mass is 9.51. The normalized spacial score (nSPS) is 39.7. The third kappa shape index (κ3) is 5.11. The second-order valence-electron chi connectivity index (χ2n) is 8.94. The maximum atomic E-state index is 9.00. The number of hydrogen-bond donors (Lipinski definition) is 2. The zero-order valence-corrected chi connectivity index (χ0v) is 16.6. The minimum Gasteiger partial charge on any atom is -0.481 e. The van der Waals surface area contributed by atoms with Crippen molar-refractivity contribution in [1.29, 1.82) is 0 Å². The Bertz CT molecular complexity index is 506. The van der Waals surface area contributed by atoms with Crippen molar-refractivity contribution in [2.75, 3.05) is 0 Å². The minimum absolute atomic E-state index is 0.586. The van der Waals surface area contributed by atoms with Gasteiger partial charge in [0.05, 0.1) is 0 Å². The van der Waals surface area contributed by atoms with Crippen LogP contribution in [0.1, 0.15) is 78.6 Å². The van der Waals surface area contributed by atoms with Gasteiger partial charge >= 0.3 is 0 Å². The van der Waals surface area contributed by atoms with E-state index >= 15 is 0 Å². The van der Waals surface area contributed by atoms with Crippen LogP contribution in [-0.2, 0) is 9.59 Å². The lowest BCUT2D eigenvalue weighted by molar-refractivity contribution is -0.135. The van der Waals surface area contributed by atoms with Crippen LogP contribution in [0.3, 0.4) is 0 Å². The Morgan fingerprint density at radius 3 is 2.15 bits per heavy atom. The van der Waals surface area contributed by atoms with Crippen molar-refractivity contribution < 1.29 is 19.8 Å². The van der Waals surface area contributed by atoms with E-state index in [1.54, 1.807) is 32.1 Å². The summed E-state index contributed by atoms with van der Waals surface area (Å²) in [6.45, 7) is 4.71. The number of rotatable bonds is 0. The quantitative estimate of drug-likeness (QED) is 0.566. The van der Waals surface area contributed by atoms with Crippen LogP contribution >= 0.6 is 0 Å². The van der Waals surface area contributed by atoms with Gasteiger partial charge in [0.2, 0.25) is 0 Å². The molecule has 4 nitrogen and oxygen atoms in total. The molecule has 0 aromatic heterocycles. The fourth-order valence-electron chi connectivity index (χ4n) is 6.31. The molecular formula is C22H36O4. The van der Waals surface area contributed by atoms with Crippen molar-refractivity contribution in [1.82, 2.24) is 0 Å². The number of allylic oxidation sites excluding steroid dienone is 2. The van der Waals surface area contributed by atoms with Crippen LogP contribution in [0.15, 0.2) is 12.2 Å². The smallest absolute Gasteiger partial charge is 0.300 e. The van der Waals surface area contributed by atoms with Crippen molar-refractivity contribution in [3.8, 4) is 0 Å². The average molecular weight is 365 g/mol. The molecule has 0 heterocycles. The number of carboxylic acids is 2. The van der Waals surface area contributed by atoms with Crippen molar-refractivity contribution in [2.45, 2.75) is 78.6 Å². The molecule has 4 aliphatic carbocycles. The van der Waals surface area contributed by atoms with Crippen LogP contribution in [0.2, 0.25) is 0 Å². The number of fused-ring (bicyclic) bond motifs is 5. The van der Waals surface area contributed by atoms with E-state index in [9.17, 15) is 0 Å². The van der Waals surface area contributed by atoms with Gasteiger partial charge in [-0.3, -0.25) is 9.59 Å². The molecule has 148 valence electrons. The van der Waals surface area contributed by atoms with E-state index in [1.807, 2.05) is 0 Å². The maximum Gasteiger partial charge on any atom is 0.300 e. The fraction of sp³-hybridized carbons (Fsp3) is 0.818. The molecule has 3 saturated carbocycles. The van der Waals surface area contributed by atoms with Gasteiger partial charge < -0.3 is 10.2 Å². The Labute approximate surface area is 158 Å². The lowest BCUT2D eigenvalue weighted by Gasteiger charge is -2.54. The Balaban J connectivity index is 0.000000261. The largest absolute Gasteiger partial charge is 0.481 e. The van der Waals surface area contributed by atoms with E-state index in [2.05, 4.69) is 19.1 Å². The summed E-state index contributed by atoms with van der Waals surface area (Å²) < 4.78 is 0. The zero-order chi connectivity index (χ0) is 19.3. The maximum absolute atomic E-state index is 9.00. The summed E-state index contributed by atoms with van der Waals surface area (Å²) in [7, 11) is 0. The molecule has 0 aromatic rings. The molecular weight excluding hydrogens is 328 g/mol. The first-order valence-electron chi connectivity index (χ1n) is 10.3. The highest BCUT2D eigenvalue weighted by molar-refractivity contribution is 5.63. The molecule has 6 atom stereocenters. The SMILES string of the molecule is CC(=O)O.CC(=O)O.C[C@@]12C=CC[C@H]1[C@@H]1CCC3CCCC[C@@H]3[C@H]1CC2. The average Bonchev–Trinajstić information content (AvgIpc) is 2.95. The van der Waals surface area contributed by atoms with Crippen LogP contribution in [0.4, 0.5) is 0 Å². The molecule has 0 saturated heterocycles. The van der Waals surface area contributed by atoms with E-state index in [4.69, 9.17) is 19.8 Å². The molecule has 4 rings (SSSR count). The van der Waals surface area contributed by atoms with Gasteiger partial charge in [-0.1, -0.05) is 38.3 Å². The molecule has 1 unspecified atom stereocenters. The van der Waals surface area contributed by atoms with Gasteiger partial charge in [-0.05, 0) is 73.5 Å². The van der Waals surface area contributed by atoms with Crippen molar-refractivity contribution in [2.24, 2.45) is 35.0 Å². The molecule has 2 N–H and O–H groups in total. The molecule has 4 heteroatoms. The van der Waals surface area contributed by atoms with Crippen LogP contribution in [0, 0.1) is 35.0 Å². The topological polar surface area (TPSA) is 74.6 Å². The van der Waals surface area contributed by atoms with Crippen LogP contribution in [0.5, 0.6) is 0 Å². The summed E-state index contributed by atoms with van der Waals surface area (Å²) >= 11 is 0. The Kier molecular flexibility index (Phi) is 7.31. The standard InChI is InChI=1S/C18H28.2C2H4O2/c1-18-11-4-7-17(18)16-9-8-13-5-2-3-6-14(13)15(16)10-12-18;2*1-2(3)4/h4,11,13-17H,2-3,5-10,12H2,1H3;2*1H3,(H,3,4)/t13?,14-,15+,16+,17-,18-;;/m0../s1. The summed E-state index contributed by atoms with van der Waals surface area (Å²) in [5, 5.41) is 14.8. The minimum atomic E-state index is -0.833. The highest BCUT2D eigenvalue weighted by Gasteiger charge is 2.51. The molecule has 3 fully saturated rings. The number of carbonyl (C=O) groups is 2. The molecule has 0 amide bonds. The van der Waals surface area contributed by atoms with Gasteiger partial charge in [0, 0.05) is 13.8 Å². The molecule has 4 aliphatic rings. The summed E-state index contributed by atoms with van der Waals surface area (Å²) in [5.74, 6) is 3.79. The van der Waals surface area contributed by atoms with Crippen LogP contribution in [-0.4, -0.2) is 22.2 Å². The predicted octanol–water partition coefficient (Wildman–Crippen LogP) is 5.38. The van der Waals surface area contributed by atoms with Gasteiger partial charge in [-0.25, -0.2) is 0 Å². The zero-order valence-electron chi connectivity index (χ0n) is 16.6. The highest BCUT2D eigenvalue weighted by Crippen LogP contribution is 2.60. The van der Waals surface area contributed by atoms with Crippen molar-refractivity contribution >= 4 is 11.9 Å². The Morgan fingerprint density at radius 1 is 0.885 bits per heavy atom. The molecule has 0 aliphatic heterocycles. The Morgan fingerprint density at radius 2 is 1.50 bits per heavy atom. The Hall–Kier alpha value is -1.32. The van der Waals surface area contributed by atoms with Gasteiger partial charge in [0.15, 0.2) is 0 Å². The second-order valence-corrected chi connectivity index (χ2v) is 8.94. The first kappa shape index (κ1) is 21.0. The van der Waals surface area contributed by atoms with Gasteiger partial charge in [-0.15, -0.1) is 0 Å². The third-order valence-electron chi connectivity index (χ3n) is 7.21. The third-order valence-corrected chi connectivity index (χ3v) is 7.21. The van der Waals surface area contributed by atoms with Crippen molar-refractivity contribution in [3.05, 3.63) is 12.2 Å². The number of hydrogen-bond acceptors (Lipinski definition) is 2. The summed E-state index contributed by atoms with van der Waals surface area (Å²) in [5.41, 5.74) is 0.586. The lowest BCUT2D eigenvalue weighted by Crippen LogP contribution is -2.46. The van der Waals surface area contributed by atoms with E-state index < -0.39 is 11.9 Å². The highest BCUT2D eigenvalue weighted by atomic mass is 16.4. The first-order valence-corrected chi connectivity index (χ1v) is 10.3. The van der Waals surface area contributed by atoms with Crippen LogP contribution < -0.4 is 0 Å². The first-order chi connectivity index (χ1) is 12.2. The number of carboxylic acid groups (broad SMARTS) is 2. The monoisotopic (exact) mass is 364 g/mol. The summed E-state index contributed by atoms with van der Waals surface area (Å²) in [6, 6.07) is 0. The summed E-state index contributed by atoms with van der Waals surface area (Å²) in [4.78, 5) is 18.0. The van der Waals surface area contributed by atoms with E-state index in [-0.39, 0.29) is 0 Å². The van der Waals surface area contributed by atoms with Gasteiger partial charge in [0.1, 0.15) is 0 Å². The molecule has 26 heavy (non-hydrogen) atoms. The fourth-order valence-corrected chi connectivity index (χ4v) is 6.31. The van der Waals surface area contributed by atoms with Gasteiger partial charge in [-0.2, -0.15) is 0 Å². The van der Waals surface area contributed by atoms with Gasteiger partial charge in [0.25, 0.3) is 11.9 Å². The van der Waals surface area contributed by atoms with E-state index in [0.717, 1.165) is 43.4 Å². The second kappa shape index (κ2) is 9.05. The van der Waals surface area contributed by atoms with Crippen LogP contribution in [0.25, 0.3) is 0 Å². The number of aliphatic carboxylic acids is 2. The molecule has 0 bridgehead atoms. The molecule has 0 radical (unpaired) electrons. The molecule has 0 spiro atoms. The van der Waals surface area contributed by atoms with E-state index in [1.165, 1.54) is 25.7 Å².